The summed E-state index contributed by atoms with van der Waals surface area (Å²) in [5, 5.41) is 9.59. The van der Waals surface area contributed by atoms with Crippen molar-refractivity contribution in [2.45, 2.75) is 32.5 Å². The smallest absolute Gasteiger partial charge is 0.123 e. The second-order valence-corrected chi connectivity index (χ2v) is 7.93. The van der Waals surface area contributed by atoms with Crippen molar-refractivity contribution in [1.29, 1.82) is 0 Å². The topological polar surface area (TPSA) is 44.5 Å². The maximum absolute atomic E-state index is 9.59. The van der Waals surface area contributed by atoms with Crippen LogP contribution >= 0.6 is 0 Å². The van der Waals surface area contributed by atoms with E-state index in [0.29, 0.717) is 6.04 Å². The molecule has 4 rings (SSSR count). The van der Waals surface area contributed by atoms with Crippen LogP contribution in [0.2, 0.25) is 0 Å². The first-order valence-electron chi connectivity index (χ1n) is 10.2. The van der Waals surface area contributed by atoms with Gasteiger partial charge >= 0.3 is 0 Å². The molecule has 0 amide bonds. The maximum Gasteiger partial charge on any atom is 0.123 e. The molecule has 1 fully saturated rings. The molecule has 28 heavy (non-hydrogen) atoms. The first-order valence-corrected chi connectivity index (χ1v) is 10.2. The first kappa shape index (κ1) is 19.1. The lowest BCUT2D eigenvalue weighted by atomic mass is 10.1. The van der Waals surface area contributed by atoms with E-state index in [1.54, 1.807) is 0 Å². The molecular formula is C23H30N4O. The molecule has 148 valence electrons. The Bertz CT molecular complexity index is 918. The molecule has 1 atom stereocenters. The second-order valence-electron chi connectivity index (χ2n) is 7.93. The van der Waals surface area contributed by atoms with Gasteiger partial charge in [-0.1, -0.05) is 42.0 Å². The van der Waals surface area contributed by atoms with Crippen molar-refractivity contribution in [2.75, 3.05) is 26.2 Å². The molecule has 0 saturated carbocycles. The van der Waals surface area contributed by atoms with E-state index in [-0.39, 0.29) is 6.61 Å². The van der Waals surface area contributed by atoms with E-state index in [0.717, 1.165) is 50.5 Å². The quantitative estimate of drug-likeness (QED) is 0.716. The number of aliphatic hydroxyl groups excluding tert-OH is 1. The Hall–Kier alpha value is -2.21. The molecule has 2 aromatic carbocycles. The van der Waals surface area contributed by atoms with Crippen molar-refractivity contribution in [2.24, 2.45) is 7.05 Å². The number of aliphatic hydroxyl groups is 1. The Labute approximate surface area is 167 Å². The van der Waals surface area contributed by atoms with E-state index < -0.39 is 0 Å². The third-order valence-corrected chi connectivity index (χ3v) is 5.90. The van der Waals surface area contributed by atoms with Crippen molar-refractivity contribution in [1.82, 2.24) is 19.4 Å². The van der Waals surface area contributed by atoms with Gasteiger partial charge in [-0.3, -0.25) is 9.80 Å². The Kier molecular flexibility index (Phi) is 5.76. The van der Waals surface area contributed by atoms with Crippen molar-refractivity contribution < 1.29 is 5.11 Å². The van der Waals surface area contributed by atoms with E-state index in [9.17, 15) is 5.11 Å². The van der Waals surface area contributed by atoms with Crippen LogP contribution in [-0.4, -0.2) is 56.7 Å². The Morgan fingerprint density at radius 2 is 1.82 bits per heavy atom. The van der Waals surface area contributed by atoms with Crippen LogP contribution < -0.4 is 0 Å². The van der Waals surface area contributed by atoms with E-state index in [4.69, 9.17) is 4.98 Å². The highest BCUT2D eigenvalue weighted by Gasteiger charge is 2.27. The number of rotatable bonds is 6. The van der Waals surface area contributed by atoms with Crippen molar-refractivity contribution in [3.05, 3.63) is 65.5 Å². The van der Waals surface area contributed by atoms with Crippen LogP contribution in [-0.2, 0) is 20.1 Å². The van der Waals surface area contributed by atoms with Crippen LogP contribution in [0.1, 0.15) is 23.4 Å². The van der Waals surface area contributed by atoms with Crippen LogP contribution in [0.5, 0.6) is 0 Å². The van der Waals surface area contributed by atoms with Crippen LogP contribution in [0.15, 0.2) is 48.5 Å². The normalized spacial score (nSPS) is 18.8. The molecule has 3 aromatic rings. The second kappa shape index (κ2) is 8.43. The minimum Gasteiger partial charge on any atom is -0.396 e. The van der Waals surface area contributed by atoms with Gasteiger partial charge in [0.2, 0.25) is 0 Å². The molecule has 0 aliphatic carbocycles. The number of fused-ring (bicyclic) bond motifs is 1. The fraction of sp³-hybridized carbons (Fsp3) is 0.435. The third-order valence-electron chi connectivity index (χ3n) is 5.90. The average Bonchev–Trinajstić information content (AvgIpc) is 3.01. The fourth-order valence-electron chi connectivity index (χ4n) is 4.20. The van der Waals surface area contributed by atoms with Gasteiger partial charge in [0, 0.05) is 45.9 Å². The lowest BCUT2D eigenvalue weighted by molar-refractivity contribution is 0.0484. The summed E-state index contributed by atoms with van der Waals surface area (Å²) in [6.45, 7) is 7.17. The van der Waals surface area contributed by atoms with E-state index in [1.807, 2.05) is 6.07 Å². The number of hydrogen-bond donors (Lipinski definition) is 1. The standard InChI is InChI=1S/C23H30N4O/c1-18-7-9-19(10-8-18)15-27-13-12-26(16-20(27)11-14-28)17-23-24-21-5-3-4-6-22(21)25(23)2/h3-10,20,28H,11-17H2,1-2H3/t20-/m0/s1. The zero-order valence-electron chi connectivity index (χ0n) is 16.9. The summed E-state index contributed by atoms with van der Waals surface area (Å²) in [5.41, 5.74) is 4.88. The molecule has 0 radical (unpaired) electrons. The summed E-state index contributed by atoms with van der Waals surface area (Å²) >= 11 is 0. The molecule has 1 saturated heterocycles. The molecule has 5 nitrogen and oxygen atoms in total. The zero-order valence-corrected chi connectivity index (χ0v) is 16.9. The summed E-state index contributed by atoms with van der Waals surface area (Å²) in [6, 6.07) is 17.5. The Morgan fingerprint density at radius 1 is 1.04 bits per heavy atom. The first-order chi connectivity index (χ1) is 13.6. The highest BCUT2D eigenvalue weighted by atomic mass is 16.3. The number of hydrogen-bond acceptors (Lipinski definition) is 4. The molecule has 0 bridgehead atoms. The summed E-state index contributed by atoms with van der Waals surface area (Å²) in [4.78, 5) is 9.83. The number of piperazine rings is 1. The predicted molar refractivity (Wildman–Crippen MR) is 113 cm³/mol. The van der Waals surface area contributed by atoms with E-state index >= 15 is 0 Å². The van der Waals surface area contributed by atoms with Gasteiger partial charge < -0.3 is 9.67 Å². The number of aromatic nitrogens is 2. The highest BCUT2D eigenvalue weighted by Crippen LogP contribution is 2.20. The largest absolute Gasteiger partial charge is 0.396 e. The van der Waals surface area contributed by atoms with Gasteiger partial charge in [-0.15, -0.1) is 0 Å². The molecule has 1 aliphatic heterocycles. The highest BCUT2D eigenvalue weighted by molar-refractivity contribution is 5.75. The van der Waals surface area contributed by atoms with Crippen LogP contribution in [0.4, 0.5) is 0 Å². The van der Waals surface area contributed by atoms with E-state index in [1.165, 1.54) is 16.6 Å². The number of aryl methyl sites for hydroxylation is 2. The van der Waals surface area contributed by atoms with Crippen LogP contribution in [0.25, 0.3) is 11.0 Å². The van der Waals surface area contributed by atoms with Crippen molar-refractivity contribution in [3.63, 3.8) is 0 Å². The van der Waals surface area contributed by atoms with Crippen LogP contribution in [0.3, 0.4) is 0 Å². The van der Waals surface area contributed by atoms with Gasteiger partial charge in [0.25, 0.3) is 0 Å². The molecular weight excluding hydrogens is 348 g/mol. The third kappa shape index (κ3) is 4.12. The SMILES string of the molecule is Cc1ccc(CN2CCN(Cc3nc4ccccc4n3C)C[C@@H]2CCO)cc1. The predicted octanol–water partition coefficient (Wildman–Crippen LogP) is 2.95. The van der Waals surface area contributed by atoms with Crippen molar-refractivity contribution >= 4 is 11.0 Å². The molecule has 2 heterocycles. The number of para-hydroxylation sites is 2. The molecule has 5 heteroatoms. The summed E-state index contributed by atoms with van der Waals surface area (Å²) in [5.74, 6) is 1.11. The average molecular weight is 379 g/mol. The molecule has 0 unspecified atom stereocenters. The van der Waals surface area contributed by atoms with Gasteiger partial charge in [-0.05, 0) is 31.0 Å². The lowest BCUT2D eigenvalue weighted by Crippen LogP contribution is -2.52. The fourth-order valence-corrected chi connectivity index (χ4v) is 4.20. The van der Waals surface area contributed by atoms with Gasteiger partial charge in [0.05, 0.1) is 17.6 Å². The summed E-state index contributed by atoms with van der Waals surface area (Å²) in [6.07, 6.45) is 0.810. The van der Waals surface area contributed by atoms with Gasteiger partial charge in [-0.25, -0.2) is 4.98 Å². The minimum atomic E-state index is 0.231. The van der Waals surface area contributed by atoms with Crippen LogP contribution in [0, 0.1) is 6.92 Å². The number of nitrogens with zero attached hydrogens (tertiary/aromatic N) is 4. The zero-order chi connectivity index (χ0) is 19.5. The molecule has 1 aliphatic rings. The van der Waals surface area contributed by atoms with Gasteiger partial charge in [0.1, 0.15) is 5.82 Å². The molecule has 1 aromatic heterocycles. The van der Waals surface area contributed by atoms with Crippen molar-refractivity contribution in [3.8, 4) is 0 Å². The number of benzene rings is 2. The molecule has 1 N–H and O–H groups in total. The lowest BCUT2D eigenvalue weighted by Gasteiger charge is -2.41. The minimum absolute atomic E-state index is 0.231. The number of imidazole rings is 1. The Balaban J connectivity index is 1.44. The van der Waals surface area contributed by atoms with E-state index in [2.05, 4.69) is 70.8 Å². The van der Waals surface area contributed by atoms with Gasteiger partial charge in [-0.2, -0.15) is 0 Å². The maximum atomic E-state index is 9.59. The van der Waals surface area contributed by atoms with Gasteiger partial charge in [0.15, 0.2) is 0 Å². The summed E-state index contributed by atoms with van der Waals surface area (Å²) in [7, 11) is 2.10. The molecule has 0 spiro atoms. The summed E-state index contributed by atoms with van der Waals surface area (Å²) < 4.78 is 2.20. The Morgan fingerprint density at radius 3 is 2.57 bits per heavy atom. The monoisotopic (exact) mass is 378 g/mol.